The predicted molar refractivity (Wildman–Crippen MR) is 122 cm³/mol. The summed E-state index contributed by atoms with van der Waals surface area (Å²) in [5.41, 5.74) is 2.15. The molecule has 6 heteroatoms. The summed E-state index contributed by atoms with van der Waals surface area (Å²) in [5, 5.41) is 3.92. The van der Waals surface area contributed by atoms with Gasteiger partial charge in [-0.15, -0.1) is 11.8 Å². The molecule has 2 aromatic carbocycles. The quantitative estimate of drug-likeness (QED) is 0.571. The van der Waals surface area contributed by atoms with Gasteiger partial charge in [-0.1, -0.05) is 23.7 Å². The fourth-order valence-corrected chi connectivity index (χ4v) is 5.54. The van der Waals surface area contributed by atoms with Gasteiger partial charge in [0.2, 0.25) is 5.91 Å². The Kier molecular flexibility index (Phi) is 7.11. The van der Waals surface area contributed by atoms with Crippen molar-refractivity contribution in [1.29, 1.82) is 0 Å². The smallest absolute Gasteiger partial charge is 0.220 e. The zero-order valence-electron chi connectivity index (χ0n) is 17.3. The number of amides is 1. The van der Waals surface area contributed by atoms with E-state index in [-0.39, 0.29) is 18.1 Å². The van der Waals surface area contributed by atoms with Crippen molar-refractivity contribution < 1.29 is 14.3 Å². The summed E-state index contributed by atoms with van der Waals surface area (Å²) in [6.45, 7) is 0. The van der Waals surface area contributed by atoms with Gasteiger partial charge in [-0.05, 0) is 73.9 Å². The first kappa shape index (κ1) is 21.4. The highest BCUT2D eigenvalue weighted by Gasteiger charge is 2.24. The average molecular weight is 446 g/mol. The summed E-state index contributed by atoms with van der Waals surface area (Å²) in [7, 11) is 1.66. The molecule has 0 radical (unpaired) electrons. The predicted octanol–water partition coefficient (Wildman–Crippen LogP) is 5.96. The maximum absolute atomic E-state index is 12.8. The molecule has 0 aromatic heterocycles. The maximum Gasteiger partial charge on any atom is 0.220 e. The van der Waals surface area contributed by atoms with Crippen molar-refractivity contribution in [3.8, 4) is 11.5 Å². The first-order valence-corrected chi connectivity index (χ1v) is 12.0. The number of hydrogen-bond donors (Lipinski definition) is 1. The van der Waals surface area contributed by atoms with Crippen LogP contribution in [0, 0.1) is 0 Å². The van der Waals surface area contributed by atoms with Crippen LogP contribution in [0.1, 0.15) is 55.7 Å². The molecule has 1 unspecified atom stereocenters. The number of para-hydroxylation sites is 1. The first-order valence-electron chi connectivity index (χ1n) is 10.7. The number of carbonyl (C=O) groups is 1. The van der Waals surface area contributed by atoms with Crippen molar-refractivity contribution in [2.75, 3.05) is 12.9 Å². The van der Waals surface area contributed by atoms with Crippen molar-refractivity contribution in [2.45, 2.75) is 62.0 Å². The molecule has 0 saturated heterocycles. The van der Waals surface area contributed by atoms with E-state index in [2.05, 4.69) is 5.32 Å². The van der Waals surface area contributed by atoms with E-state index < -0.39 is 0 Å². The normalized spacial score (nSPS) is 18.7. The molecule has 1 N–H and O–H groups in total. The molecule has 2 aromatic rings. The van der Waals surface area contributed by atoms with Gasteiger partial charge in [0, 0.05) is 22.1 Å². The largest absolute Gasteiger partial charge is 0.493 e. The molecule has 160 valence electrons. The van der Waals surface area contributed by atoms with E-state index in [4.69, 9.17) is 21.1 Å². The SMILES string of the molecule is COc1cccc(CCC(=O)NC2CCSc3ccc(Cl)cc32)c1OC1CCCC1. The van der Waals surface area contributed by atoms with Crippen LogP contribution in [-0.4, -0.2) is 24.9 Å². The van der Waals surface area contributed by atoms with Crippen LogP contribution in [0.4, 0.5) is 0 Å². The van der Waals surface area contributed by atoms with Crippen LogP contribution in [0.2, 0.25) is 5.02 Å². The molecular formula is C24H28ClNO3S. The topological polar surface area (TPSA) is 47.6 Å². The third-order valence-electron chi connectivity index (χ3n) is 5.84. The van der Waals surface area contributed by atoms with E-state index in [0.717, 1.165) is 47.6 Å². The fourth-order valence-electron chi connectivity index (χ4n) is 4.26. The molecule has 1 saturated carbocycles. The van der Waals surface area contributed by atoms with E-state index in [0.29, 0.717) is 17.9 Å². The number of aryl methyl sites for hydroxylation is 1. The highest BCUT2D eigenvalue weighted by atomic mass is 35.5. The van der Waals surface area contributed by atoms with Crippen LogP contribution in [0.3, 0.4) is 0 Å². The van der Waals surface area contributed by atoms with Gasteiger partial charge < -0.3 is 14.8 Å². The summed E-state index contributed by atoms with van der Waals surface area (Å²) < 4.78 is 11.8. The Morgan fingerprint density at radius 2 is 2.03 bits per heavy atom. The third kappa shape index (κ3) is 5.06. The minimum Gasteiger partial charge on any atom is -0.493 e. The van der Waals surface area contributed by atoms with Gasteiger partial charge in [-0.3, -0.25) is 4.79 Å². The number of carbonyl (C=O) groups excluding carboxylic acids is 1. The molecule has 1 atom stereocenters. The standard InChI is InChI=1S/C24H28ClNO3S/c1-28-21-8-4-5-16(24(21)29-18-6-2-3-7-18)9-12-23(27)26-20-13-14-30-22-11-10-17(25)15-19(20)22/h4-5,8,10-11,15,18,20H,2-3,6-7,9,12-14H2,1H3,(H,26,27). The Balaban J connectivity index is 1.41. The number of benzene rings is 2. The van der Waals surface area contributed by atoms with Crippen LogP contribution in [0.25, 0.3) is 0 Å². The number of thioether (sulfide) groups is 1. The molecule has 0 bridgehead atoms. The van der Waals surface area contributed by atoms with Gasteiger partial charge in [0.25, 0.3) is 0 Å². The number of hydrogen-bond acceptors (Lipinski definition) is 4. The Morgan fingerprint density at radius 1 is 1.20 bits per heavy atom. The van der Waals surface area contributed by atoms with Crippen molar-refractivity contribution >= 4 is 29.3 Å². The molecule has 1 aliphatic carbocycles. The van der Waals surface area contributed by atoms with E-state index in [1.807, 2.05) is 48.2 Å². The molecule has 1 aliphatic heterocycles. The zero-order chi connectivity index (χ0) is 20.9. The van der Waals surface area contributed by atoms with Gasteiger partial charge in [-0.2, -0.15) is 0 Å². The van der Waals surface area contributed by atoms with E-state index in [1.54, 1.807) is 7.11 Å². The van der Waals surface area contributed by atoms with E-state index >= 15 is 0 Å². The van der Waals surface area contributed by atoms with Crippen molar-refractivity contribution in [1.82, 2.24) is 5.32 Å². The van der Waals surface area contributed by atoms with Gasteiger partial charge >= 0.3 is 0 Å². The lowest BCUT2D eigenvalue weighted by Crippen LogP contribution is -2.30. The van der Waals surface area contributed by atoms with E-state index in [1.165, 1.54) is 17.7 Å². The van der Waals surface area contributed by atoms with Crippen LogP contribution in [0.5, 0.6) is 11.5 Å². The second-order valence-electron chi connectivity index (χ2n) is 7.91. The van der Waals surface area contributed by atoms with Gasteiger partial charge in [-0.25, -0.2) is 0 Å². The van der Waals surface area contributed by atoms with Crippen molar-refractivity contribution in [2.24, 2.45) is 0 Å². The summed E-state index contributed by atoms with van der Waals surface area (Å²) in [4.78, 5) is 14.0. The monoisotopic (exact) mass is 445 g/mol. The van der Waals surface area contributed by atoms with Crippen LogP contribution in [-0.2, 0) is 11.2 Å². The number of ether oxygens (including phenoxy) is 2. The first-order chi connectivity index (χ1) is 14.6. The summed E-state index contributed by atoms with van der Waals surface area (Å²) in [6.07, 6.45) is 6.78. The maximum atomic E-state index is 12.8. The van der Waals surface area contributed by atoms with E-state index in [9.17, 15) is 4.79 Å². The minimum atomic E-state index is 0.0203. The van der Waals surface area contributed by atoms with Crippen LogP contribution >= 0.6 is 23.4 Å². The Labute approximate surface area is 187 Å². The second-order valence-corrected chi connectivity index (χ2v) is 9.49. The molecule has 4 rings (SSSR count). The summed E-state index contributed by atoms with van der Waals surface area (Å²) in [6, 6.07) is 11.9. The molecule has 1 fully saturated rings. The summed E-state index contributed by atoms with van der Waals surface area (Å²) >= 11 is 8.01. The van der Waals surface area contributed by atoms with Gasteiger partial charge in [0.15, 0.2) is 11.5 Å². The molecule has 4 nitrogen and oxygen atoms in total. The Hall–Kier alpha value is -1.85. The highest BCUT2D eigenvalue weighted by molar-refractivity contribution is 7.99. The average Bonchev–Trinajstić information content (AvgIpc) is 3.26. The summed E-state index contributed by atoms with van der Waals surface area (Å²) in [5.74, 6) is 2.58. The van der Waals surface area contributed by atoms with Crippen molar-refractivity contribution in [3.05, 3.63) is 52.5 Å². The number of fused-ring (bicyclic) bond motifs is 1. The molecule has 0 spiro atoms. The number of halogens is 1. The lowest BCUT2D eigenvalue weighted by Gasteiger charge is -2.26. The minimum absolute atomic E-state index is 0.0203. The zero-order valence-corrected chi connectivity index (χ0v) is 18.9. The van der Waals surface area contributed by atoms with Gasteiger partial charge in [0.1, 0.15) is 0 Å². The second kappa shape index (κ2) is 9.97. The van der Waals surface area contributed by atoms with Crippen LogP contribution in [0.15, 0.2) is 41.3 Å². The highest BCUT2D eigenvalue weighted by Crippen LogP contribution is 2.38. The third-order valence-corrected chi connectivity index (χ3v) is 7.19. The molecule has 30 heavy (non-hydrogen) atoms. The van der Waals surface area contributed by atoms with Crippen molar-refractivity contribution in [3.63, 3.8) is 0 Å². The number of nitrogens with one attached hydrogen (secondary N) is 1. The fraction of sp³-hybridized carbons (Fsp3) is 0.458. The number of methoxy groups -OCH3 is 1. The molecular weight excluding hydrogens is 418 g/mol. The Bertz CT molecular complexity index is 898. The number of rotatable bonds is 7. The Morgan fingerprint density at radius 3 is 2.83 bits per heavy atom. The molecule has 1 heterocycles. The van der Waals surface area contributed by atoms with Gasteiger partial charge in [0.05, 0.1) is 19.3 Å². The van der Waals surface area contributed by atoms with Crippen LogP contribution < -0.4 is 14.8 Å². The lowest BCUT2D eigenvalue weighted by atomic mass is 10.0. The molecule has 1 amide bonds. The lowest BCUT2D eigenvalue weighted by molar-refractivity contribution is -0.121. The molecule has 2 aliphatic rings.